The van der Waals surface area contributed by atoms with Crippen LogP contribution in [0.5, 0.6) is 0 Å². The molecule has 0 unspecified atom stereocenters. The zero-order chi connectivity index (χ0) is 13.5. The fourth-order valence-electron chi connectivity index (χ4n) is 3.01. The maximum Gasteiger partial charge on any atom is 0.326 e. The van der Waals surface area contributed by atoms with Gasteiger partial charge in [0.05, 0.1) is 17.6 Å². The topological polar surface area (TPSA) is 50.7 Å². The molecule has 0 bridgehead atoms. The Hall–Kier alpha value is -2.36. The SMILES string of the molecule is O=c1[nH]c2ccccc2n1Cc1cnc2c(c1)CCC2. The third-order valence-corrected chi connectivity index (χ3v) is 4.00. The highest BCUT2D eigenvalue weighted by Gasteiger charge is 2.13. The Bertz CT molecular complexity index is 844. The number of H-pyrrole nitrogens is 1. The molecule has 100 valence electrons. The van der Waals surface area contributed by atoms with Gasteiger partial charge in [-0.3, -0.25) is 9.55 Å². The number of benzene rings is 1. The summed E-state index contributed by atoms with van der Waals surface area (Å²) < 4.78 is 1.77. The zero-order valence-electron chi connectivity index (χ0n) is 11.1. The quantitative estimate of drug-likeness (QED) is 0.772. The molecule has 3 aromatic rings. The molecule has 4 nitrogen and oxygen atoms in total. The second kappa shape index (κ2) is 4.34. The van der Waals surface area contributed by atoms with Crippen LogP contribution in [0.25, 0.3) is 11.0 Å². The third-order valence-electron chi connectivity index (χ3n) is 4.00. The van der Waals surface area contributed by atoms with E-state index in [1.165, 1.54) is 17.7 Å². The van der Waals surface area contributed by atoms with Crippen molar-refractivity contribution in [2.75, 3.05) is 0 Å². The second-order valence-corrected chi connectivity index (χ2v) is 5.34. The zero-order valence-corrected chi connectivity index (χ0v) is 11.1. The van der Waals surface area contributed by atoms with E-state index in [1.807, 2.05) is 30.5 Å². The predicted octanol–water partition coefficient (Wildman–Crippen LogP) is 2.26. The number of para-hydroxylation sites is 2. The summed E-state index contributed by atoms with van der Waals surface area (Å²) >= 11 is 0. The van der Waals surface area contributed by atoms with Crippen LogP contribution in [-0.4, -0.2) is 14.5 Å². The summed E-state index contributed by atoms with van der Waals surface area (Å²) in [7, 11) is 0. The molecule has 1 aliphatic carbocycles. The molecule has 4 rings (SSSR count). The van der Waals surface area contributed by atoms with E-state index >= 15 is 0 Å². The van der Waals surface area contributed by atoms with Crippen molar-refractivity contribution in [2.24, 2.45) is 0 Å². The fraction of sp³-hybridized carbons (Fsp3) is 0.250. The molecule has 20 heavy (non-hydrogen) atoms. The van der Waals surface area contributed by atoms with E-state index in [4.69, 9.17) is 0 Å². The van der Waals surface area contributed by atoms with Gasteiger partial charge in [-0.1, -0.05) is 18.2 Å². The second-order valence-electron chi connectivity index (χ2n) is 5.34. The number of nitrogens with zero attached hydrogens (tertiary/aromatic N) is 2. The number of imidazole rings is 1. The first kappa shape index (κ1) is 11.5. The minimum absolute atomic E-state index is 0.0632. The molecule has 1 N–H and O–H groups in total. The number of aromatic nitrogens is 3. The molecule has 1 aromatic carbocycles. The van der Waals surface area contributed by atoms with E-state index in [0.29, 0.717) is 6.54 Å². The number of pyridine rings is 1. The van der Waals surface area contributed by atoms with Crippen molar-refractivity contribution in [1.82, 2.24) is 14.5 Å². The van der Waals surface area contributed by atoms with E-state index in [0.717, 1.165) is 29.4 Å². The standard InChI is InChI=1S/C16H15N3O/c20-16-18-14-5-1-2-7-15(14)19(16)10-11-8-12-4-3-6-13(12)17-9-11/h1-2,5,7-9H,3-4,6,10H2,(H,18,20). The normalized spacial score (nSPS) is 13.8. The number of nitrogens with one attached hydrogen (secondary N) is 1. The molecule has 1 aliphatic rings. The number of fused-ring (bicyclic) bond motifs is 2. The lowest BCUT2D eigenvalue weighted by Crippen LogP contribution is -2.17. The van der Waals surface area contributed by atoms with Gasteiger partial charge in [0.2, 0.25) is 0 Å². The van der Waals surface area contributed by atoms with Crippen LogP contribution in [0, 0.1) is 0 Å². The van der Waals surface area contributed by atoms with Gasteiger partial charge in [-0.25, -0.2) is 4.79 Å². The Morgan fingerprint density at radius 1 is 1.25 bits per heavy atom. The molecule has 2 aromatic heterocycles. The molecule has 0 saturated carbocycles. The van der Waals surface area contributed by atoms with Gasteiger partial charge in [-0.15, -0.1) is 0 Å². The number of rotatable bonds is 2. The van der Waals surface area contributed by atoms with Gasteiger partial charge < -0.3 is 4.98 Å². The van der Waals surface area contributed by atoms with E-state index in [2.05, 4.69) is 16.0 Å². The number of hydrogen-bond acceptors (Lipinski definition) is 2. The summed E-state index contributed by atoms with van der Waals surface area (Å²) in [5, 5.41) is 0. The lowest BCUT2D eigenvalue weighted by atomic mass is 10.1. The van der Waals surface area contributed by atoms with Crippen molar-refractivity contribution >= 4 is 11.0 Å². The van der Waals surface area contributed by atoms with Gasteiger partial charge in [-0.05, 0) is 42.5 Å². The maximum absolute atomic E-state index is 12.1. The van der Waals surface area contributed by atoms with Gasteiger partial charge in [-0.2, -0.15) is 0 Å². The van der Waals surface area contributed by atoms with E-state index in [9.17, 15) is 4.79 Å². The molecule has 0 spiro atoms. The summed E-state index contributed by atoms with van der Waals surface area (Å²) in [6.45, 7) is 0.573. The highest BCUT2D eigenvalue weighted by Crippen LogP contribution is 2.21. The van der Waals surface area contributed by atoms with Crippen molar-refractivity contribution in [3.05, 3.63) is 63.8 Å². The van der Waals surface area contributed by atoms with Crippen LogP contribution >= 0.6 is 0 Å². The van der Waals surface area contributed by atoms with Gasteiger partial charge in [0.25, 0.3) is 0 Å². The molecular formula is C16H15N3O. The largest absolute Gasteiger partial charge is 0.326 e. The summed E-state index contributed by atoms with van der Waals surface area (Å²) in [5.74, 6) is 0. The van der Waals surface area contributed by atoms with Crippen molar-refractivity contribution in [2.45, 2.75) is 25.8 Å². The Morgan fingerprint density at radius 2 is 2.15 bits per heavy atom. The van der Waals surface area contributed by atoms with E-state index < -0.39 is 0 Å². The molecule has 0 aliphatic heterocycles. The Kier molecular flexibility index (Phi) is 2.49. The molecule has 0 fully saturated rings. The van der Waals surface area contributed by atoms with E-state index in [-0.39, 0.29) is 5.69 Å². The summed E-state index contributed by atoms with van der Waals surface area (Å²) in [4.78, 5) is 19.5. The average molecular weight is 265 g/mol. The van der Waals surface area contributed by atoms with Crippen molar-refractivity contribution in [3.8, 4) is 0 Å². The number of hydrogen-bond donors (Lipinski definition) is 1. The van der Waals surface area contributed by atoms with E-state index in [1.54, 1.807) is 4.57 Å². The van der Waals surface area contributed by atoms with Crippen molar-refractivity contribution in [1.29, 1.82) is 0 Å². The van der Waals surface area contributed by atoms with Crippen LogP contribution in [0.3, 0.4) is 0 Å². The van der Waals surface area contributed by atoms with Gasteiger partial charge in [0.1, 0.15) is 0 Å². The van der Waals surface area contributed by atoms with Crippen LogP contribution in [0.1, 0.15) is 23.2 Å². The minimum Gasteiger partial charge on any atom is -0.306 e. The first-order valence-corrected chi connectivity index (χ1v) is 6.95. The first-order chi connectivity index (χ1) is 9.81. The summed E-state index contributed by atoms with van der Waals surface area (Å²) in [6, 6.07) is 9.97. The van der Waals surface area contributed by atoms with Crippen LogP contribution in [0.15, 0.2) is 41.3 Å². The molecule has 0 radical (unpaired) electrons. The van der Waals surface area contributed by atoms with Gasteiger partial charge in [0.15, 0.2) is 0 Å². The highest BCUT2D eigenvalue weighted by molar-refractivity contribution is 5.75. The van der Waals surface area contributed by atoms with Gasteiger partial charge >= 0.3 is 5.69 Å². The molecular weight excluding hydrogens is 250 g/mol. The Labute approximate surface area is 116 Å². The number of aromatic amines is 1. The van der Waals surface area contributed by atoms with Crippen LogP contribution < -0.4 is 5.69 Å². The third kappa shape index (κ3) is 1.76. The number of aryl methyl sites for hydroxylation is 2. The molecule has 0 atom stereocenters. The Balaban J connectivity index is 1.78. The lowest BCUT2D eigenvalue weighted by Gasteiger charge is -2.06. The molecule has 0 saturated heterocycles. The molecule has 0 amide bonds. The van der Waals surface area contributed by atoms with Crippen molar-refractivity contribution in [3.63, 3.8) is 0 Å². The highest BCUT2D eigenvalue weighted by atomic mass is 16.1. The summed E-state index contributed by atoms with van der Waals surface area (Å²) in [6.07, 6.45) is 5.29. The van der Waals surface area contributed by atoms with Crippen LogP contribution in [-0.2, 0) is 19.4 Å². The molecule has 4 heteroatoms. The maximum atomic E-state index is 12.1. The smallest absolute Gasteiger partial charge is 0.306 e. The fourth-order valence-corrected chi connectivity index (χ4v) is 3.01. The Morgan fingerprint density at radius 3 is 3.10 bits per heavy atom. The first-order valence-electron chi connectivity index (χ1n) is 6.95. The average Bonchev–Trinajstić information content (AvgIpc) is 3.04. The van der Waals surface area contributed by atoms with Crippen molar-refractivity contribution < 1.29 is 0 Å². The van der Waals surface area contributed by atoms with Crippen LogP contribution in [0.2, 0.25) is 0 Å². The predicted molar refractivity (Wildman–Crippen MR) is 77.9 cm³/mol. The lowest BCUT2D eigenvalue weighted by molar-refractivity contribution is 0.781. The minimum atomic E-state index is -0.0632. The monoisotopic (exact) mass is 265 g/mol. The van der Waals surface area contributed by atoms with Crippen LogP contribution in [0.4, 0.5) is 0 Å². The summed E-state index contributed by atoms with van der Waals surface area (Å²) in [5.41, 5.74) is 5.42. The van der Waals surface area contributed by atoms with Gasteiger partial charge in [0, 0.05) is 11.9 Å². The molecule has 2 heterocycles.